The third kappa shape index (κ3) is 2.29. The fourth-order valence-electron chi connectivity index (χ4n) is 5.00. The monoisotopic (exact) mass is 369 g/mol. The van der Waals surface area contributed by atoms with Gasteiger partial charge >= 0.3 is 5.69 Å². The molecule has 3 fully saturated rings. The van der Waals surface area contributed by atoms with Crippen molar-refractivity contribution in [1.29, 1.82) is 0 Å². The molecule has 142 valence electrons. The molecular formula is C19H23N5O3. The molecule has 27 heavy (non-hydrogen) atoms. The number of aromatic nitrogens is 2. The van der Waals surface area contributed by atoms with Gasteiger partial charge in [-0.1, -0.05) is 6.07 Å². The fraction of sp³-hybridized carbons (Fsp3) is 0.526. The van der Waals surface area contributed by atoms with Crippen molar-refractivity contribution in [2.75, 3.05) is 24.5 Å². The Hall–Kier alpha value is -2.61. The first-order chi connectivity index (χ1) is 13.1. The second kappa shape index (κ2) is 5.95. The van der Waals surface area contributed by atoms with E-state index in [0.717, 1.165) is 37.1 Å². The van der Waals surface area contributed by atoms with E-state index in [1.54, 1.807) is 11.6 Å². The van der Waals surface area contributed by atoms with E-state index in [0.29, 0.717) is 24.1 Å². The standard InChI is InChI=1S/C19H23N5O3/c1-22-16-13(23-11-5-6-12(23)10-20-9-11)3-2-4-14(16)24(19(22)27)17-15(25)7-8-21-18(17)26/h2-4,11-12,17,20H,5-10H2,1H3,(H,21,26)/t11-,12+,17?. The second-order valence-corrected chi connectivity index (χ2v) is 7.72. The predicted octanol–water partition coefficient (Wildman–Crippen LogP) is -0.0893. The van der Waals surface area contributed by atoms with Gasteiger partial charge < -0.3 is 15.5 Å². The topological polar surface area (TPSA) is 88.4 Å². The number of fused-ring (bicyclic) bond motifs is 3. The summed E-state index contributed by atoms with van der Waals surface area (Å²) < 4.78 is 2.96. The Kier molecular flexibility index (Phi) is 3.65. The van der Waals surface area contributed by atoms with Crippen LogP contribution in [0.4, 0.5) is 5.69 Å². The van der Waals surface area contributed by atoms with Crippen molar-refractivity contribution < 1.29 is 9.59 Å². The largest absolute Gasteiger partial charge is 0.361 e. The van der Waals surface area contributed by atoms with E-state index in [1.807, 2.05) is 18.2 Å². The number of piperidine rings is 1. The molecule has 0 radical (unpaired) electrons. The Bertz CT molecular complexity index is 975. The lowest BCUT2D eigenvalue weighted by Crippen LogP contribution is -2.52. The van der Waals surface area contributed by atoms with E-state index in [4.69, 9.17) is 0 Å². The molecule has 1 aromatic heterocycles. The molecule has 1 aromatic carbocycles. The van der Waals surface area contributed by atoms with Gasteiger partial charge in [0.15, 0.2) is 11.8 Å². The van der Waals surface area contributed by atoms with Crippen LogP contribution >= 0.6 is 0 Å². The summed E-state index contributed by atoms with van der Waals surface area (Å²) in [6.45, 7) is 2.21. The van der Waals surface area contributed by atoms with Gasteiger partial charge in [0.2, 0.25) is 0 Å². The molecule has 3 aliphatic heterocycles. The van der Waals surface area contributed by atoms with Crippen LogP contribution in [-0.4, -0.2) is 52.5 Å². The number of benzene rings is 1. The van der Waals surface area contributed by atoms with E-state index < -0.39 is 11.9 Å². The number of amides is 1. The number of aryl methyl sites for hydroxylation is 1. The van der Waals surface area contributed by atoms with Crippen molar-refractivity contribution in [2.24, 2.45) is 7.05 Å². The maximum atomic E-state index is 13.1. The number of piperazine rings is 1. The van der Waals surface area contributed by atoms with Crippen LogP contribution in [0.15, 0.2) is 23.0 Å². The number of nitrogens with zero attached hydrogens (tertiary/aromatic N) is 3. The van der Waals surface area contributed by atoms with Gasteiger partial charge in [0.1, 0.15) is 0 Å². The van der Waals surface area contributed by atoms with E-state index in [2.05, 4.69) is 15.5 Å². The highest BCUT2D eigenvalue weighted by Crippen LogP contribution is 2.37. The van der Waals surface area contributed by atoms with Crippen LogP contribution in [0.3, 0.4) is 0 Å². The van der Waals surface area contributed by atoms with Gasteiger partial charge in [-0.25, -0.2) is 4.79 Å². The number of imidazole rings is 1. The summed E-state index contributed by atoms with van der Waals surface area (Å²) in [7, 11) is 1.72. The van der Waals surface area contributed by atoms with Crippen molar-refractivity contribution in [3.8, 4) is 0 Å². The minimum atomic E-state index is -1.08. The minimum Gasteiger partial charge on any atom is -0.361 e. The normalized spacial score (nSPS) is 28.0. The molecule has 3 aliphatic rings. The molecule has 5 rings (SSSR count). The van der Waals surface area contributed by atoms with Crippen LogP contribution in [0.1, 0.15) is 25.3 Å². The zero-order chi connectivity index (χ0) is 18.7. The van der Waals surface area contributed by atoms with Crippen LogP contribution < -0.4 is 21.2 Å². The molecule has 8 heteroatoms. The fourth-order valence-corrected chi connectivity index (χ4v) is 5.00. The molecule has 3 atom stereocenters. The number of Topliss-reactive ketones (excluding diaryl/α,β-unsaturated/α-hetero) is 1. The second-order valence-electron chi connectivity index (χ2n) is 7.72. The SMILES string of the molecule is Cn1c(=O)n(C2C(=O)CCNC2=O)c2cccc(N3[C@@H]4CC[C@H]3CNC4)c21. The molecule has 0 aliphatic carbocycles. The summed E-state index contributed by atoms with van der Waals surface area (Å²) in [6, 6.07) is 5.54. The highest BCUT2D eigenvalue weighted by molar-refractivity contribution is 6.07. The Morgan fingerprint density at radius 2 is 1.81 bits per heavy atom. The number of para-hydroxylation sites is 1. The van der Waals surface area contributed by atoms with Gasteiger partial charge in [-0.15, -0.1) is 0 Å². The summed E-state index contributed by atoms with van der Waals surface area (Å²) in [5, 5.41) is 6.19. The zero-order valence-corrected chi connectivity index (χ0v) is 15.3. The summed E-state index contributed by atoms with van der Waals surface area (Å²) in [4.78, 5) is 40.3. The van der Waals surface area contributed by atoms with Crippen LogP contribution in [0.5, 0.6) is 0 Å². The van der Waals surface area contributed by atoms with Gasteiger partial charge in [0, 0.05) is 45.2 Å². The number of hydrogen-bond acceptors (Lipinski definition) is 5. The number of rotatable bonds is 2. The average molecular weight is 369 g/mol. The molecular weight excluding hydrogens is 346 g/mol. The smallest absolute Gasteiger partial charge is 0.330 e. The number of anilines is 1. The number of carbonyl (C=O) groups excluding carboxylic acids is 2. The molecule has 2 aromatic rings. The van der Waals surface area contributed by atoms with Gasteiger partial charge in [-0.3, -0.25) is 18.7 Å². The highest BCUT2D eigenvalue weighted by Gasteiger charge is 2.39. The first-order valence-corrected chi connectivity index (χ1v) is 9.57. The summed E-state index contributed by atoms with van der Waals surface area (Å²) in [5.41, 5.74) is 2.14. The minimum absolute atomic E-state index is 0.207. The third-order valence-corrected chi connectivity index (χ3v) is 6.22. The van der Waals surface area contributed by atoms with Crippen molar-refractivity contribution in [3.63, 3.8) is 0 Å². The van der Waals surface area contributed by atoms with Crippen LogP contribution in [0, 0.1) is 0 Å². The van der Waals surface area contributed by atoms with Gasteiger partial charge in [0.05, 0.1) is 16.7 Å². The summed E-state index contributed by atoms with van der Waals surface area (Å²) in [6.07, 6.45) is 2.51. The average Bonchev–Trinajstić information content (AvgIpc) is 3.05. The van der Waals surface area contributed by atoms with E-state index in [9.17, 15) is 14.4 Å². The number of ketones is 1. The lowest BCUT2D eigenvalue weighted by Gasteiger charge is -2.37. The highest BCUT2D eigenvalue weighted by atomic mass is 16.2. The molecule has 0 saturated carbocycles. The molecule has 3 saturated heterocycles. The summed E-state index contributed by atoms with van der Waals surface area (Å²) >= 11 is 0. The maximum Gasteiger partial charge on any atom is 0.330 e. The van der Waals surface area contributed by atoms with E-state index >= 15 is 0 Å². The van der Waals surface area contributed by atoms with E-state index in [1.165, 1.54) is 4.57 Å². The van der Waals surface area contributed by atoms with Crippen molar-refractivity contribution in [1.82, 2.24) is 19.8 Å². The number of nitrogens with one attached hydrogen (secondary N) is 2. The van der Waals surface area contributed by atoms with Gasteiger partial charge in [0.25, 0.3) is 5.91 Å². The zero-order valence-electron chi connectivity index (χ0n) is 15.3. The Morgan fingerprint density at radius 1 is 1.07 bits per heavy atom. The molecule has 1 amide bonds. The van der Waals surface area contributed by atoms with E-state index in [-0.39, 0.29) is 17.9 Å². The van der Waals surface area contributed by atoms with Crippen molar-refractivity contribution in [2.45, 2.75) is 37.4 Å². The lowest BCUT2D eigenvalue weighted by molar-refractivity contribution is -0.135. The lowest BCUT2D eigenvalue weighted by atomic mass is 10.0. The maximum absolute atomic E-state index is 13.1. The number of hydrogen-bond donors (Lipinski definition) is 2. The molecule has 2 bridgehead atoms. The molecule has 0 spiro atoms. The summed E-state index contributed by atoms with van der Waals surface area (Å²) in [5.74, 6) is -0.602. The first kappa shape index (κ1) is 16.6. The molecule has 8 nitrogen and oxygen atoms in total. The van der Waals surface area contributed by atoms with Crippen molar-refractivity contribution >= 4 is 28.4 Å². The van der Waals surface area contributed by atoms with Crippen LogP contribution in [-0.2, 0) is 16.6 Å². The molecule has 4 heterocycles. The Morgan fingerprint density at radius 3 is 2.52 bits per heavy atom. The Balaban J connectivity index is 1.72. The van der Waals surface area contributed by atoms with Crippen LogP contribution in [0.25, 0.3) is 11.0 Å². The molecule has 2 N–H and O–H groups in total. The van der Waals surface area contributed by atoms with Gasteiger partial charge in [-0.2, -0.15) is 0 Å². The first-order valence-electron chi connectivity index (χ1n) is 9.57. The quantitative estimate of drug-likeness (QED) is 0.723. The third-order valence-electron chi connectivity index (χ3n) is 6.22. The predicted molar refractivity (Wildman–Crippen MR) is 101 cm³/mol. The van der Waals surface area contributed by atoms with Gasteiger partial charge in [-0.05, 0) is 25.0 Å². The Labute approximate surface area is 156 Å². The number of carbonyl (C=O) groups is 2. The molecule has 1 unspecified atom stereocenters. The van der Waals surface area contributed by atoms with Crippen molar-refractivity contribution in [3.05, 3.63) is 28.7 Å². The van der Waals surface area contributed by atoms with Crippen LogP contribution in [0.2, 0.25) is 0 Å².